The molecule has 0 N–H and O–H groups in total. The highest BCUT2D eigenvalue weighted by Gasteiger charge is 1.95. The van der Waals surface area contributed by atoms with Crippen LogP contribution in [0, 0.1) is 0 Å². The molecule has 2 aromatic rings. The van der Waals surface area contributed by atoms with Crippen molar-refractivity contribution in [3.8, 4) is 0 Å². The first-order chi connectivity index (χ1) is 7.97. The van der Waals surface area contributed by atoms with E-state index in [1.165, 1.54) is 19.3 Å². The Labute approximate surface area is 95.5 Å². The summed E-state index contributed by atoms with van der Waals surface area (Å²) in [4.78, 5) is 0. The van der Waals surface area contributed by atoms with Crippen molar-refractivity contribution in [1.82, 2.24) is 10.2 Å². The molecule has 1 aromatic carbocycles. The van der Waals surface area contributed by atoms with Crippen molar-refractivity contribution >= 4 is 10.9 Å². The summed E-state index contributed by atoms with van der Waals surface area (Å²) in [6, 6.07) is 9.86. The lowest BCUT2D eigenvalue weighted by Gasteiger charge is -2.08. The fraction of sp³-hybridized carbons (Fsp3) is 0.385. The molecule has 16 heavy (non-hydrogen) atoms. The molecule has 1 fully saturated rings. The van der Waals surface area contributed by atoms with Gasteiger partial charge in [-0.25, -0.2) is 0 Å². The van der Waals surface area contributed by atoms with E-state index in [9.17, 15) is 0 Å². The van der Waals surface area contributed by atoms with Gasteiger partial charge in [-0.15, -0.1) is 0 Å². The minimum Gasteiger partial charge on any atom is -0.381 e. The molecular weight excluding hydrogens is 200 g/mol. The third-order valence-corrected chi connectivity index (χ3v) is 2.50. The van der Waals surface area contributed by atoms with Gasteiger partial charge < -0.3 is 4.74 Å². The fourth-order valence-electron chi connectivity index (χ4n) is 1.62. The Morgan fingerprint density at radius 3 is 2.38 bits per heavy atom. The largest absolute Gasteiger partial charge is 0.381 e. The number of ether oxygens (including phenoxy) is 1. The summed E-state index contributed by atoms with van der Waals surface area (Å²) in [5.74, 6) is 0. The van der Waals surface area contributed by atoms with Crippen molar-refractivity contribution in [2.24, 2.45) is 0 Å². The zero-order chi connectivity index (χ0) is 11.1. The Kier molecular flexibility index (Phi) is 4.26. The predicted molar refractivity (Wildman–Crippen MR) is 64.2 cm³/mol. The van der Waals surface area contributed by atoms with Crippen LogP contribution in [0.1, 0.15) is 19.3 Å². The maximum Gasteiger partial charge on any atom is 0.0929 e. The number of fused-ring (bicyclic) bond motifs is 1. The molecule has 1 aromatic heterocycles. The summed E-state index contributed by atoms with van der Waals surface area (Å²) in [7, 11) is 0. The minimum absolute atomic E-state index is 0.949. The van der Waals surface area contributed by atoms with Crippen LogP contribution in [0.3, 0.4) is 0 Å². The lowest BCUT2D eigenvalue weighted by atomic mass is 10.2. The van der Waals surface area contributed by atoms with Crippen molar-refractivity contribution in [2.45, 2.75) is 19.3 Å². The Hall–Kier alpha value is -1.48. The maximum absolute atomic E-state index is 5.07. The van der Waals surface area contributed by atoms with Crippen molar-refractivity contribution < 1.29 is 4.74 Å². The Balaban J connectivity index is 0.000000138. The first-order valence-electron chi connectivity index (χ1n) is 5.71. The molecule has 0 spiro atoms. The number of aromatic nitrogens is 2. The fourth-order valence-corrected chi connectivity index (χ4v) is 1.62. The molecule has 3 heteroatoms. The molecule has 1 saturated heterocycles. The number of hydrogen-bond acceptors (Lipinski definition) is 3. The second kappa shape index (κ2) is 6.18. The lowest BCUT2D eigenvalue weighted by Crippen LogP contribution is -2.03. The van der Waals surface area contributed by atoms with Crippen LogP contribution < -0.4 is 0 Å². The molecule has 0 bridgehead atoms. The van der Waals surface area contributed by atoms with Crippen LogP contribution in [-0.4, -0.2) is 23.4 Å². The molecular formula is C13H16N2O. The summed E-state index contributed by atoms with van der Waals surface area (Å²) in [5, 5.41) is 8.83. The van der Waals surface area contributed by atoms with E-state index in [-0.39, 0.29) is 0 Å². The topological polar surface area (TPSA) is 35.0 Å². The summed E-state index contributed by atoms with van der Waals surface area (Å²) in [6.45, 7) is 2.00. The van der Waals surface area contributed by atoms with E-state index >= 15 is 0 Å². The third kappa shape index (κ3) is 3.28. The third-order valence-electron chi connectivity index (χ3n) is 2.50. The average Bonchev–Trinajstić information content (AvgIpc) is 2.42. The second-order valence-corrected chi connectivity index (χ2v) is 3.76. The zero-order valence-electron chi connectivity index (χ0n) is 9.30. The number of nitrogens with zero attached hydrogens (tertiary/aromatic N) is 2. The second-order valence-electron chi connectivity index (χ2n) is 3.76. The van der Waals surface area contributed by atoms with Crippen molar-refractivity contribution in [2.75, 3.05) is 13.2 Å². The van der Waals surface area contributed by atoms with Crippen LogP contribution in [0.4, 0.5) is 0 Å². The quantitative estimate of drug-likeness (QED) is 0.679. The number of rotatable bonds is 0. The van der Waals surface area contributed by atoms with Crippen LogP contribution in [0.5, 0.6) is 0 Å². The van der Waals surface area contributed by atoms with E-state index in [1.807, 2.05) is 30.3 Å². The molecule has 0 atom stereocenters. The molecule has 0 amide bonds. The average molecular weight is 216 g/mol. The summed E-state index contributed by atoms with van der Waals surface area (Å²) >= 11 is 0. The highest BCUT2D eigenvalue weighted by Crippen LogP contribution is 2.06. The van der Waals surface area contributed by atoms with Gasteiger partial charge in [-0.1, -0.05) is 18.2 Å². The van der Waals surface area contributed by atoms with E-state index in [0.29, 0.717) is 0 Å². The standard InChI is InChI=1S/C8H6N2.C5H10O/c1-2-4-8-7(3-1)5-6-9-10-8;1-2-4-6-5-3-1/h1-6H;1-5H2. The summed E-state index contributed by atoms with van der Waals surface area (Å²) in [6.07, 6.45) is 5.63. The SMILES string of the molecule is C1CCOCC1.c1ccc2nnccc2c1. The highest BCUT2D eigenvalue weighted by molar-refractivity contribution is 5.77. The van der Waals surface area contributed by atoms with E-state index in [2.05, 4.69) is 10.2 Å². The van der Waals surface area contributed by atoms with Gasteiger partial charge in [-0.05, 0) is 31.4 Å². The van der Waals surface area contributed by atoms with Gasteiger partial charge in [0.25, 0.3) is 0 Å². The first-order valence-corrected chi connectivity index (χ1v) is 5.71. The highest BCUT2D eigenvalue weighted by atomic mass is 16.5. The molecule has 1 aliphatic heterocycles. The maximum atomic E-state index is 5.07. The van der Waals surface area contributed by atoms with Crippen molar-refractivity contribution in [3.63, 3.8) is 0 Å². The van der Waals surface area contributed by atoms with Gasteiger partial charge in [0.1, 0.15) is 0 Å². The van der Waals surface area contributed by atoms with Crippen LogP contribution in [0.15, 0.2) is 36.5 Å². The van der Waals surface area contributed by atoms with E-state index < -0.39 is 0 Å². The van der Waals surface area contributed by atoms with E-state index in [1.54, 1.807) is 6.20 Å². The smallest absolute Gasteiger partial charge is 0.0929 e. The van der Waals surface area contributed by atoms with Crippen LogP contribution >= 0.6 is 0 Å². The van der Waals surface area contributed by atoms with E-state index in [0.717, 1.165) is 24.1 Å². The van der Waals surface area contributed by atoms with Gasteiger partial charge in [0.05, 0.1) is 11.7 Å². The molecule has 3 rings (SSSR count). The molecule has 0 unspecified atom stereocenters. The van der Waals surface area contributed by atoms with E-state index in [4.69, 9.17) is 4.74 Å². The molecule has 0 saturated carbocycles. The predicted octanol–water partition coefficient (Wildman–Crippen LogP) is 2.82. The normalized spacial score (nSPS) is 15.2. The lowest BCUT2D eigenvalue weighted by molar-refractivity contribution is 0.0968. The van der Waals surface area contributed by atoms with Gasteiger partial charge in [0, 0.05) is 18.6 Å². The molecule has 0 radical (unpaired) electrons. The molecule has 84 valence electrons. The molecule has 0 aliphatic carbocycles. The van der Waals surface area contributed by atoms with Gasteiger partial charge in [0.2, 0.25) is 0 Å². The summed E-state index contributed by atoms with van der Waals surface area (Å²) in [5.41, 5.74) is 0.949. The van der Waals surface area contributed by atoms with Gasteiger partial charge in [0.15, 0.2) is 0 Å². The van der Waals surface area contributed by atoms with Crippen LogP contribution in [-0.2, 0) is 4.74 Å². The zero-order valence-corrected chi connectivity index (χ0v) is 9.30. The molecule has 3 nitrogen and oxygen atoms in total. The van der Waals surface area contributed by atoms with Crippen LogP contribution in [0.2, 0.25) is 0 Å². The Bertz CT molecular complexity index is 350. The van der Waals surface area contributed by atoms with Gasteiger partial charge in [-0.2, -0.15) is 10.2 Å². The van der Waals surface area contributed by atoms with Crippen LogP contribution in [0.25, 0.3) is 10.9 Å². The van der Waals surface area contributed by atoms with Gasteiger partial charge >= 0.3 is 0 Å². The molecule has 1 aliphatic rings. The first kappa shape index (κ1) is 11.0. The Morgan fingerprint density at radius 1 is 0.938 bits per heavy atom. The van der Waals surface area contributed by atoms with Crippen molar-refractivity contribution in [3.05, 3.63) is 36.5 Å². The number of benzene rings is 1. The number of hydrogen-bond donors (Lipinski definition) is 0. The Morgan fingerprint density at radius 2 is 1.75 bits per heavy atom. The van der Waals surface area contributed by atoms with Crippen molar-refractivity contribution in [1.29, 1.82) is 0 Å². The van der Waals surface area contributed by atoms with Gasteiger partial charge in [-0.3, -0.25) is 0 Å². The monoisotopic (exact) mass is 216 g/mol. The molecule has 2 heterocycles. The minimum atomic E-state index is 0.949. The summed E-state index contributed by atoms with van der Waals surface area (Å²) < 4.78 is 5.07.